The summed E-state index contributed by atoms with van der Waals surface area (Å²) < 4.78 is 16.1. The van der Waals surface area contributed by atoms with E-state index in [9.17, 15) is 9.18 Å². The summed E-state index contributed by atoms with van der Waals surface area (Å²) in [6, 6.07) is 7.02. The van der Waals surface area contributed by atoms with Crippen LogP contribution in [0, 0.1) is 5.82 Å². The van der Waals surface area contributed by atoms with Crippen LogP contribution in [0.15, 0.2) is 36.5 Å². The van der Waals surface area contributed by atoms with Crippen LogP contribution in [-0.4, -0.2) is 42.1 Å². The summed E-state index contributed by atoms with van der Waals surface area (Å²) in [5, 5.41) is 9.78. The number of pyridine rings is 1. The lowest BCUT2D eigenvalue weighted by Gasteiger charge is -2.33. The molecule has 4 heterocycles. The van der Waals surface area contributed by atoms with Gasteiger partial charge in [-0.25, -0.2) is 14.4 Å². The number of hydrogen-bond acceptors (Lipinski definition) is 6. The highest BCUT2D eigenvalue weighted by molar-refractivity contribution is 7.21. The molecule has 4 aromatic rings. The molecule has 0 saturated carbocycles. The molecule has 1 amide bonds. The number of carbonyl (C=O) groups is 1. The van der Waals surface area contributed by atoms with E-state index in [4.69, 9.17) is 11.6 Å². The lowest BCUT2D eigenvalue weighted by Crippen LogP contribution is -2.41. The van der Waals surface area contributed by atoms with E-state index in [2.05, 4.69) is 20.2 Å². The van der Waals surface area contributed by atoms with Crippen LogP contribution in [0.4, 0.5) is 4.39 Å². The Bertz CT molecular complexity index is 1240. The third-order valence-corrected chi connectivity index (χ3v) is 6.18. The Morgan fingerprint density at radius 1 is 1.24 bits per heavy atom. The van der Waals surface area contributed by atoms with E-state index < -0.39 is 0 Å². The second kappa shape index (κ2) is 6.85. The number of carbonyl (C=O) groups excluding carboxylic acids is 1. The Morgan fingerprint density at radius 2 is 2.03 bits per heavy atom. The molecular weight excluding hydrogens is 415 g/mol. The first-order valence-electron chi connectivity index (χ1n) is 8.93. The van der Waals surface area contributed by atoms with E-state index in [1.165, 1.54) is 35.6 Å². The van der Waals surface area contributed by atoms with Gasteiger partial charge < -0.3 is 9.47 Å². The van der Waals surface area contributed by atoms with Crippen molar-refractivity contribution in [3.8, 4) is 10.8 Å². The number of thiazole rings is 1. The maximum atomic E-state index is 13.2. The van der Waals surface area contributed by atoms with E-state index in [1.54, 1.807) is 17.2 Å². The smallest absolute Gasteiger partial charge is 0.254 e. The van der Waals surface area contributed by atoms with Crippen LogP contribution in [0.1, 0.15) is 29.1 Å². The van der Waals surface area contributed by atoms with Crippen molar-refractivity contribution in [3.63, 3.8) is 0 Å². The van der Waals surface area contributed by atoms with Crippen LogP contribution in [0.2, 0.25) is 5.15 Å². The fourth-order valence-corrected chi connectivity index (χ4v) is 4.55. The molecule has 1 atom stereocenters. The molecule has 10 heteroatoms. The van der Waals surface area contributed by atoms with E-state index >= 15 is 0 Å². The fourth-order valence-electron chi connectivity index (χ4n) is 3.48. The van der Waals surface area contributed by atoms with Gasteiger partial charge >= 0.3 is 0 Å². The van der Waals surface area contributed by atoms with Gasteiger partial charge in [-0.1, -0.05) is 11.6 Å². The molecule has 0 saturated heterocycles. The van der Waals surface area contributed by atoms with Crippen molar-refractivity contribution in [3.05, 3.63) is 58.9 Å². The van der Waals surface area contributed by atoms with E-state index in [1.807, 2.05) is 11.5 Å². The van der Waals surface area contributed by atoms with Gasteiger partial charge in [-0.05, 0) is 31.2 Å². The molecule has 7 nitrogen and oxygen atoms in total. The number of rotatable bonds is 2. The molecule has 0 bridgehead atoms. The molecule has 1 aliphatic heterocycles. The lowest BCUT2D eigenvalue weighted by molar-refractivity contribution is 0.0638. The normalized spacial score (nSPS) is 16.2. The summed E-state index contributed by atoms with van der Waals surface area (Å²) in [5.74, 6) is 0.828. The topological polar surface area (TPSA) is 76.8 Å². The molecule has 0 unspecified atom stereocenters. The van der Waals surface area contributed by atoms with Gasteiger partial charge in [-0.3, -0.25) is 4.79 Å². The Balaban J connectivity index is 1.47. The predicted octanol–water partition coefficient (Wildman–Crippen LogP) is 3.96. The highest BCUT2D eigenvalue weighted by Gasteiger charge is 2.32. The second-order valence-corrected chi connectivity index (χ2v) is 8.13. The van der Waals surface area contributed by atoms with E-state index in [0.29, 0.717) is 35.5 Å². The molecule has 1 aliphatic rings. The lowest BCUT2D eigenvalue weighted by atomic mass is 10.1. The zero-order chi connectivity index (χ0) is 20.1. The number of hydrogen-bond donors (Lipinski definition) is 0. The van der Waals surface area contributed by atoms with Crippen LogP contribution in [-0.2, 0) is 6.54 Å². The van der Waals surface area contributed by atoms with Crippen LogP contribution in [0.25, 0.3) is 21.0 Å². The minimum Gasteiger partial charge on any atom is -0.327 e. The summed E-state index contributed by atoms with van der Waals surface area (Å²) in [6.45, 7) is 2.95. The highest BCUT2D eigenvalue weighted by Crippen LogP contribution is 2.33. The van der Waals surface area contributed by atoms with Crippen LogP contribution >= 0.6 is 22.9 Å². The van der Waals surface area contributed by atoms with Gasteiger partial charge in [0, 0.05) is 30.9 Å². The third-order valence-electron chi connectivity index (χ3n) is 4.97. The molecule has 0 fully saturated rings. The molecule has 3 aromatic heterocycles. The quantitative estimate of drug-likeness (QED) is 0.452. The fraction of sp³-hybridized carbons (Fsp3) is 0.211. The Labute approximate surface area is 173 Å². The molecule has 0 radical (unpaired) electrons. The first-order valence-corrected chi connectivity index (χ1v) is 10.1. The number of halogens is 2. The minimum atomic E-state index is -0.370. The Kier molecular flexibility index (Phi) is 4.29. The van der Waals surface area contributed by atoms with Gasteiger partial charge in [0.05, 0.1) is 16.3 Å². The van der Waals surface area contributed by atoms with Crippen molar-refractivity contribution < 1.29 is 9.18 Å². The standard InChI is InChI=1S/C19H14ClFN6OS/c1-10-16-24-25-17(18-23-13-8-15(20)22-9-14(13)29-18)27(16)7-6-26(10)19(28)11-2-4-12(21)5-3-11/h2-5,8-10H,6-7H2,1H3/t10-/m1/s1. The zero-order valence-corrected chi connectivity index (χ0v) is 16.8. The van der Waals surface area contributed by atoms with E-state index in [-0.39, 0.29) is 17.8 Å². The summed E-state index contributed by atoms with van der Waals surface area (Å²) in [5.41, 5.74) is 1.21. The highest BCUT2D eigenvalue weighted by atomic mass is 35.5. The predicted molar refractivity (Wildman–Crippen MR) is 107 cm³/mol. The summed E-state index contributed by atoms with van der Waals surface area (Å²) in [7, 11) is 0. The zero-order valence-electron chi connectivity index (χ0n) is 15.2. The molecule has 1 aromatic carbocycles. The second-order valence-electron chi connectivity index (χ2n) is 6.71. The SMILES string of the molecule is C[C@@H]1c2nnc(-c3nc4cc(Cl)ncc4s3)n2CCN1C(=O)c1ccc(F)cc1. The van der Waals surface area contributed by atoms with Gasteiger partial charge in [0.15, 0.2) is 16.7 Å². The van der Waals surface area contributed by atoms with Crippen molar-refractivity contribution >= 4 is 39.1 Å². The number of fused-ring (bicyclic) bond motifs is 2. The number of nitrogens with zero attached hydrogens (tertiary/aromatic N) is 6. The van der Waals surface area contributed by atoms with Gasteiger partial charge in [0.1, 0.15) is 11.0 Å². The molecule has 146 valence electrons. The summed E-state index contributed by atoms with van der Waals surface area (Å²) in [4.78, 5) is 23.3. The van der Waals surface area contributed by atoms with Gasteiger partial charge in [-0.2, -0.15) is 0 Å². The van der Waals surface area contributed by atoms with E-state index in [0.717, 1.165) is 15.2 Å². The van der Waals surface area contributed by atoms with Crippen LogP contribution < -0.4 is 0 Å². The van der Waals surface area contributed by atoms with Crippen LogP contribution in [0.5, 0.6) is 0 Å². The van der Waals surface area contributed by atoms with Crippen molar-refractivity contribution in [1.82, 2.24) is 29.6 Å². The average Bonchev–Trinajstić information content (AvgIpc) is 3.32. The number of amides is 1. The number of benzene rings is 1. The van der Waals surface area contributed by atoms with Crippen molar-refractivity contribution in [2.24, 2.45) is 0 Å². The first-order chi connectivity index (χ1) is 14.0. The van der Waals surface area contributed by atoms with Gasteiger partial charge in [0.2, 0.25) is 0 Å². The summed E-state index contributed by atoms with van der Waals surface area (Å²) >= 11 is 7.43. The monoisotopic (exact) mass is 428 g/mol. The average molecular weight is 429 g/mol. The molecular formula is C19H14ClFN6OS. The number of aromatic nitrogens is 5. The molecule has 29 heavy (non-hydrogen) atoms. The Morgan fingerprint density at radius 3 is 2.83 bits per heavy atom. The molecule has 0 N–H and O–H groups in total. The largest absolute Gasteiger partial charge is 0.327 e. The molecule has 0 aliphatic carbocycles. The molecule has 0 spiro atoms. The van der Waals surface area contributed by atoms with Crippen molar-refractivity contribution in [1.29, 1.82) is 0 Å². The summed E-state index contributed by atoms with van der Waals surface area (Å²) in [6.07, 6.45) is 1.69. The maximum absolute atomic E-state index is 13.2. The first kappa shape index (κ1) is 18.1. The van der Waals surface area contributed by atoms with Gasteiger partial charge in [0.25, 0.3) is 5.91 Å². The third kappa shape index (κ3) is 3.06. The van der Waals surface area contributed by atoms with Crippen molar-refractivity contribution in [2.75, 3.05) is 6.54 Å². The van der Waals surface area contributed by atoms with Crippen molar-refractivity contribution in [2.45, 2.75) is 19.5 Å². The van der Waals surface area contributed by atoms with Gasteiger partial charge in [-0.15, -0.1) is 21.5 Å². The minimum absolute atomic E-state index is 0.158. The maximum Gasteiger partial charge on any atom is 0.254 e. The van der Waals surface area contributed by atoms with Crippen LogP contribution in [0.3, 0.4) is 0 Å². The molecule has 5 rings (SSSR count). The Hall–Kier alpha value is -2.91.